The molecule has 6 nitrogen and oxygen atoms in total. The number of nitrogens with zero attached hydrogens (tertiary/aromatic N) is 5. The zero-order valence-electron chi connectivity index (χ0n) is 14.0. The number of hydrogen-bond acceptors (Lipinski definition) is 6. The van der Waals surface area contributed by atoms with Crippen LogP contribution in [0.3, 0.4) is 0 Å². The summed E-state index contributed by atoms with van der Waals surface area (Å²) in [6.07, 6.45) is 5.93. The average molecular weight is 312 g/mol. The van der Waals surface area contributed by atoms with Gasteiger partial charge in [0.05, 0.1) is 0 Å². The minimum absolute atomic E-state index is 0.336. The molecule has 122 valence electrons. The highest BCUT2D eigenvalue weighted by molar-refractivity contribution is 5.47. The summed E-state index contributed by atoms with van der Waals surface area (Å²) in [4.78, 5) is 17.8. The van der Waals surface area contributed by atoms with Gasteiger partial charge in [-0.25, -0.2) is 9.97 Å². The Morgan fingerprint density at radius 3 is 2.87 bits per heavy atom. The number of piperidine rings is 1. The maximum Gasteiger partial charge on any atom is 0.224 e. The van der Waals surface area contributed by atoms with Crippen molar-refractivity contribution in [3.63, 3.8) is 0 Å². The topological polar surface area (TPSA) is 57.2 Å². The van der Waals surface area contributed by atoms with E-state index in [4.69, 9.17) is 0 Å². The Labute approximate surface area is 137 Å². The largest absolute Gasteiger partial charge is 0.363 e. The first-order valence-electron chi connectivity index (χ1n) is 8.07. The lowest BCUT2D eigenvalue weighted by molar-refractivity contribution is 0.523. The van der Waals surface area contributed by atoms with E-state index in [1.807, 2.05) is 37.3 Å². The van der Waals surface area contributed by atoms with Crippen LogP contribution in [-0.4, -0.2) is 48.2 Å². The van der Waals surface area contributed by atoms with Crippen molar-refractivity contribution in [3.8, 4) is 0 Å². The molecule has 3 heterocycles. The van der Waals surface area contributed by atoms with Gasteiger partial charge in [0.2, 0.25) is 5.95 Å². The predicted molar refractivity (Wildman–Crippen MR) is 94.2 cm³/mol. The van der Waals surface area contributed by atoms with E-state index >= 15 is 0 Å². The standard InChI is InChI=1S/C17H24N6/c1-13-6-4-9-18-16(13)23-11-5-7-14(12-23)20-17-19-10-8-15(21-17)22(2)3/h4,6,8-10,14H,5,7,11-12H2,1-3H3,(H,19,20,21). The smallest absolute Gasteiger partial charge is 0.224 e. The highest BCUT2D eigenvalue weighted by Crippen LogP contribution is 2.22. The average Bonchev–Trinajstić information content (AvgIpc) is 2.56. The van der Waals surface area contributed by atoms with Gasteiger partial charge in [-0.15, -0.1) is 0 Å². The first-order valence-corrected chi connectivity index (χ1v) is 8.07. The summed E-state index contributed by atoms with van der Waals surface area (Å²) in [7, 11) is 3.97. The van der Waals surface area contributed by atoms with Crippen molar-refractivity contribution in [2.45, 2.75) is 25.8 Å². The van der Waals surface area contributed by atoms with Gasteiger partial charge in [0.25, 0.3) is 0 Å². The summed E-state index contributed by atoms with van der Waals surface area (Å²) in [5.41, 5.74) is 1.22. The molecule has 1 saturated heterocycles. The van der Waals surface area contributed by atoms with Crippen molar-refractivity contribution < 1.29 is 0 Å². The lowest BCUT2D eigenvalue weighted by Crippen LogP contribution is -2.43. The second-order valence-corrected chi connectivity index (χ2v) is 6.21. The molecule has 6 heteroatoms. The molecule has 1 fully saturated rings. The van der Waals surface area contributed by atoms with Crippen molar-refractivity contribution in [1.29, 1.82) is 0 Å². The number of rotatable bonds is 4. The molecule has 0 aliphatic carbocycles. The highest BCUT2D eigenvalue weighted by atomic mass is 15.2. The van der Waals surface area contributed by atoms with E-state index in [1.54, 1.807) is 6.20 Å². The molecule has 0 bridgehead atoms. The lowest BCUT2D eigenvalue weighted by atomic mass is 10.1. The van der Waals surface area contributed by atoms with Gasteiger partial charge in [-0.3, -0.25) is 0 Å². The highest BCUT2D eigenvalue weighted by Gasteiger charge is 2.22. The van der Waals surface area contributed by atoms with E-state index in [1.165, 1.54) is 5.56 Å². The van der Waals surface area contributed by atoms with Crippen LogP contribution >= 0.6 is 0 Å². The van der Waals surface area contributed by atoms with E-state index < -0.39 is 0 Å². The van der Waals surface area contributed by atoms with E-state index in [-0.39, 0.29) is 0 Å². The van der Waals surface area contributed by atoms with Crippen LogP contribution in [0.5, 0.6) is 0 Å². The van der Waals surface area contributed by atoms with Crippen LogP contribution in [0.25, 0.3) is 0 Å². The molecule has 3 rings (SSSR count). The Morgan fingerprint density at radius 1 is 1.22 bits per heavy atom. The van der Waals surface area contributed by atoms with Crippen LogP contribution in [0.15, 0.2) is 30.6 Å². The number of pyridine rings is 1. The van der Waals surface area contributed by atoms with Gasteiger partial charge in [-0.1, -0.05) is 6.07 Å². The molecular weight excluding hydrogens is 288 g/mol. The van der Waals surface area contributed by atoms with E-state index in [9.17, 15) is 0 Å². The molecule has 2 aromatic rings. The van der Waals surface area contributed by atoms with Crippen LogP contribution in [0.2, 0.25) is 0 Å². The molecule has 2 aromatic heterocycles. The molecule has 0 aromatic carbocycles. The summed E-state index contributed by atoms with van der Waals surface area (Å²) in [5, 5.41) is 3.48. The molecule has 0 saturated carbocycles. The van der Waals surface area contributed by atoms with Crippen LogP contribution < -0.4 is 15.1 Å². The second kappa shape index (κ2) is 6.81. The minimum Gasteiger partial charge on any atom is -0.363 e. The maximum atomic E-state index is 4.55. The van der Waals surface area contributed by atoms with E-state index in [0.717, 1.165) is 37.6 Å². The molecule has 0 spiro atoms. The van der Waals surface area contributed by atoms with Crippen LogP contribution in [0.1, 0.15) is 18.4 Å². The Kier molecular flexibility index (Phi) is 4.60. The van der Waals surface area contributed by atoms with Gasteiger partial charge in [0.15, 0.2) is 0 Å². The SMILES string of the molecule is Cc1cccnc1N1CCCC(Nc2nccc(N(C)C)n2)C1. The zero-order valence-corrected chi connectivity index (χ0v) is 14.0. The molecule has 1 aliphatic rings. The molecule has 1 N–H and O–H groups in total. The Hall–Kier alpha value is -2.37. The fourth-order valence-electron chi connectivity index (χ4n) is 2.95. The summed E-state index contributed by atoms with van der Waals surface area (Å²) in [5.74, 6) is 2.69. The number of nitrogens with one attached hydrogen (secondary N) is 1. The first kappa shape index (κ1) is 15.5. The fourth-order valence-corrected chi connectivity index (χ4v) is 2.95. The summed E-state index contributed by atoms with van der Waals surface area (Å²) >= 11 is 0. The van der Waals surface area contributed by atoms with Gasteiger partial charge in [-0.05, 0) is 37.5 Å². The quantitative estimate of drug-likeness (QED) is 0.935. The van der Waals surface area contributed by atoms with E-state index in [0.29, 0.717) is 12.0 Å². The van der Waals surface area contributed by atoms with Crippen LogP contribution in [0, 0.1) is 6.92 Å². The molecule has 0 radical (unpaired) electrons. The lowest BCUT2D eigenvalue weighted by Gasteiger charge is -2.34. The summed E-state index contributed by atoms with van der Waals surface area (Å²) in [6, 6.07) is 6.35. The first-order chi connectivity index (χ1) is 11.1. The second-order valence-electron chi connectivity index (χ2n) is 6.21. The van der Waals surface area contributed by atoms with E-state index in [2.05, 4.69) is 38.2 Å². The van der Waals surface area contributed by atoms with Crippen molar-refractivity contribution in [2.24, 2.45) is 0 Å². The molecule has 23 heavy (non-hydrogen) atoms. The van der Waals surface area contributed by atoms with Gasteiger partial charge in [-0.2, -0.15) is 4.98 Å². The Morgan fingerprint density at radius 2 is 2.09 bits per heavy atom. The molecular formula is C17H24N6. The third kappa shape index (κ3) is 3.70. The fraction of sp³-hybridized carbons (Fsp3) is 0.471. The van der Waals surface area contributed by atoms with Gasteiger partial charge < -0.3 is 15.1 Å². The zero-order chi connectivity index (χ0) is 16.2. The van der Waals surface area contributed by atoms with Crippen LogP contribution in [0.4, 0.5) is 17.6 Å². The maximum absolute atomic E-state index is 4.55. The normalized spacial score (nSPS) is 17.9. The Bertz CT molecular complexity index is 657. The minimum atomic E-state index is 0.336. The molecule has 1 atom stereocenters. The van der Waals surface area contributed by atoms with Crippen LogP contribution in [-0.2, 0) is 0 Å². The number of anilines is 3. The monoisotopic (exact) mass is 312 g/mol. The molecule has 1 aliphatic heterocycles. The number of aromatic nitrogens is 3. The van der Waals surface area contributed by atoms with Crippen molar-refractivity contribution in [3.05, 3.63) is 36.2 Å². The third-order valence-corrected chi connectivity index (χ3v) is 4.14. The van der Waals surface area contributed by atoms with Crippen molar-refractivity contribution in [2.75, 3.05) is 42.3 Å². The number of aryl methyl sites for hydroxylation is 1. The summed E-state index contributed by atoms with van der Waals surface area (Å²) in [6.45, 7) is 4.09. The van der Waals surface area contributed by atoms with Gasteiger partial charge >= 0.3 is 0 Å². The predicted octanol–water partition coefficient (Wildman–Crippen LogP) is 2.33. The molecule has 1 unspecified atom stereocenters. The Balaban J connectivity index is 1.70. The molecule has 0 amide bonds. The third-order valence-electron chi connectivity index (χ3n) is 4.14. The van der Waals surface area contributed by atoms with Crippen molar-refractivity contribution >= 4 is 17.6 Å². The van der Waals surface area contributed by atoms with Gasteiger partial charge in [0, 0.05) is 45.6 Å². The van der Waals surface area contributed by atoms with Crippen molar-refractivity contribution in [1.82, 2.24) is 15.0 Å². The summed E-state index contributed by atoms with van der Waals surface area (Å²) < 4.78 is 0. The number of hydrogen-bond donors (Lipinski definition) is 1. The van der Waals surface area contributed by atoms with Gasteiger partial charge in [0.1, 0.15) is 11.6 Å².